The average molecular weight is 405 g/mol. The van der Waals surface area contributed by atoms with Crippen molar-refractivity contribution in [2.24, 2.45) is 0 Å². The predicted octanol–water partition coefficient (Wildman–Crippen LogP) is 4.55. The van der Waals surface area contributed by atoms with Gasteiger partial charge in [-0.05, 0) is 41.9 Å². The minimum absolute atomic E-state index is 0.00350. The number of aryl methyl sites for hydroxylation is 1. The van der Waals surface area contributed by atoms with Gasteiger partial charge in [-0.3, -0.25) is 14.9 Å². The fourth-order valence-corrected chi connectivity index (χ4v) is 3.24. The number of nitrogens with zero attached hydrogens (tertiary/aromatic N) is 1. The lowest BCUT2D eigenvalue weighted by Crippen LogP contribution is -2.38. The maximum atomic E-state index is 13.0. The first-order chi connectivity index (χ1) is 14.0. The second-order valence-electron chi connectivity index (χ2n) is 6.45. The molecule has 0 atom stereocenters. The lowest BCUT2D eigenvalue weighted by molar-refractivity contribution is -0.384. The van der Waals surface area contributed by atoms with Crippen LogP contribution in [-0.2, 0) is 4.79 Å². The predicted molar refractivity (Wildman–Crippen MR) is 117 cm³/mol. The molecule has 0 unspecified atom stereocenters. The zero-order valence-electron chi connectivity index (χ0n) is 15.7. The van der Waals surface area contributed by atoms with Crippen molar-refractivity contribution in [3.05, 3.63) is 106 Å². The first-order valence-electron chi connectivity index (χ1n) is 8.92. The highest BCUT2D eigenvalue weighted by atomic mass is 32.1. The number of nitro benzene ring substituents is 1. The van der Waals surface area contributed by atoms with Crippen LogP contribution in [0.2, 0.25) is 0 Å². The first kappa shape index (κ1) is 20.2. The summed E-state index contributed by atoms with van der Waals surface area (Å²) in [6, 6.07) is 23.3. The van der Waals surface area contributed by atoms with Crippen LogP contribution in [0.25, 0.3) is 0 Å². The van der Waals surface area contributed by atoms with Crippen LogP contribution in [-0.4, -0.2) is 15.9 Å². The van der Waals surface area contributed by atoms with Gasteiger partial charge in [0.2, 0.25) is 5.91 Å². The zero-order valence-corrected chi connectivity index (χ0v) is 16.5. The molecular formula is C22H19N3O3S. The van der Waals surface area contributed by atoms with Gasteiger partial charge in [0.25, 0.3) is 5.69 Å². The maximum Gasteiger partial charge on any atom is 0.269 e. The Labute approximate surface area is 173 Å². The van der Waals surface area contributed by atoms with E-state index in [0.29, 0.717) is 11.3 Å². The summed E-state index contributed by atoms with van der Waals surface area (Å²) in [7, 11) is 0. The normalized spacial score (nSPS) is 10.4. The fourth-order valence-electron chi connectivity index (χ4n) is 3.03. The highest BCUT2D eigenvalue weighted by Crippen LogP contribution is 2.25. The Morgan fingerprint density at radius 3 is 2.00 bits per heavy atom. The van der Waals surface area contributed by atoms with E-state index >= 15 is 0 Å². The van der Waals surface area contributed by atoms with Crippen molar-refractivity contribution in [3.8, 4) is 0 Å². The van der Waals surface area contributed by atoms with E-state index in [1.165, 1.54) is 12.1 Å². The molecule has 0 bridgehead atoms. The van der Waals surface area contributed by atoms with Crippen molar-refractivity contribution in [1.82, 2.24) is 5.32 Å². The van der Waals surface area contributed by atoms with Gasteiger partial charge < -0.3 is 10.6 Å². The summed E-state index contributed by atoms with van der Waals surface area (Å²) < 4.78 is 0. The molecule has 3 aromatic rings. The Hall–Kier alpha value is -3.58. The molecule has 146 valence electrons. The molecule has 0 aromatic heterocycles. The number of nitrogens with one attached hydrogen (secondary N) is 2. The number of thiocarbonyl (C=S) groups is 1. The third kappa shape index (κ3) is 5.03. The van der Waals surface area contributed by atoms with Crippen LogP contribution >= 0.6 is 12.2 Å². The van der Waals surface area contributed by atoms with Crippen molar-refractivity contribution in [3.63, 3.8) is 0 Å². The molecule has 29 heavy (non-hydrogen) atoms. The first-order valence-corrected chi connectivity index (χ1v) is 9.33. The van der Waals surface area contributed by atoms with E-state index in [2.05, 4.69) is 10.6 Å². The Morgan fingerprint density at radius 1 is 0.966 bits per heavy atom. The van der Waals surface area contributed by atoms with Gasteiger partial charge in [0.1, 0.15) is 0 Å². The molecule has 2 N–H and O–H groups in total. The van der Waals surface area contributed by atoms with E-state index < -0.39 is 10.8 Å². The summed E-state index contributed by atoms with van der Waals surface area (Å²) in [6.07, 6.45) is 0. The van der Waals surface area contributed by atoms with Crippen LogP contribution in [0.1, 0.15) is 22.6 Å². The van der Waals surface area contributed by atoms with Crippen LogP contribution in [0.5, 0.6) is 0 Å². The van der Waals surface area contributed by atoms with E-state index in [-0.39, 0.29) is 16.7 Å². The van der Waals surface area contributed by atoms with E-state index in [1.54, 1.807) is 13.0 Å². The topological polar surface area (TPSA) is 84.3 Å². The smallest absolute Gasteiger partial charge is 0.269 e. The number of carbonyl (C=O) groups is 1. The zero-order chi connectivity index (χ0) is 20.8. The maximum absolute atomic E-state index is 13.0. The van der Waals surface area contributed by atoms with Gasteiger partial charge in [-0.15, -0.1) is 0 Å². The van der Waals surface area contributed by atoms with Gasteiger partial charge in [-0.1, -0.05) is 60.7 Å². The van der Waals surface area contributed by atoms with Crippen LogP contribution in [0.3, 0.4) is 0 Å². The highest BCUT2D eigenvalue weighted by Gasteiger charge is 2.23. The molecule has 0 aliphatic carbocycles. The molecule has 3 rings (SSSR count). The lowest BCUT2D eigenvalue weighted by atomic mass is 9.90. The molecule has 0 heterocycles. The van der Waals surface area contributed by atoms with E-state index in [9.17, 15) is 14.9 Å². The van der Waals surface area contributed by atoms with Gasteiger partial charge in [0.15, 0.2) is 5.11 Å². The Kier molecular flexibility index (Phi) is 6.31. The number of non-ortho nitro benzene ring substituents is 1. The molecule has 0 aliphatic rings. The molecule has 3 aromatic carbocycles. The molecule has 0 saturated carbocycles. The Balaban J connectivity index is 1.78. The van der Waals surface area contributed by atoms with Crippen molar-refractivity contribution < 1.29 is 9.72 Å². The summed E-state index contributed by atoms with van der Waals surface area (Å²) in [6.45, 7) is 1.73. The summed E-state index contributed by atoms with van der Waals surface area (Å²) >= 11 is 5.30. The number of hydrogen-bond acceptors (Lipinski definition) is 4. The second kappa shape index (κ2) is 9.07. The van der Waals surface area contributed by atoms with Crippen molar-refractivity contribution in [2.75, 3.05) is 5.32 Å². The van der Waals surface area contributed by atoms with Crippen molar-refractivity contribution in [1.29, 1.82) is 0 Å². The number of amides is 1. The number of carbonyl (C=O) groups excluding carboxylic acids is 1. The molecule has 6 nitrogen and oxygen atoms in total. The van der Waals surface area contributed by atoms with Gasteiger partial charge in [0.05, 0.1) is 10.8 Å². The SMILES string of the molecule is Cc1cc([N+](=O)[O-])ccc1NC(=S)NC(=O)C(c1ccccc1)c1ccccc1. The monoisotopic (exact) mass is 405 g/mol. The Morgan fingerprint density at radius 2 is 1.52 bits per heavy atom. The van der Waals surface area contributed by atoms with Crippen LogP contribution in [0.15, 0.2) is 78.9 Å². The molecule has 0 radical (unpaired) electrons. The van der Waals surface area contributed by atoms with Gasteiger partial charge in [-0.2, -0.15) is 0 Å². The molecular weight excluding hydrogens is 386 g/mol. The minimum Gasteiger partial charge on any atom is -0.332 e. The van der Waals surface area contributed by atoms with Gasteiger partial charge in [-0.25, -0.2) is 0 Å². The van der Waals surface area contributed by atoms with Crippen LogP contribution in [0.4, 0.5) is 11.4 Å². The third-order valence-corrected chi connectivity index (χ3v) is 4.64. The van der Waals surface area contributed by atoms with E-state index in [4.69, 9.17) is 12.2 Å². The summed E-state index contributed by atoms with van der Waals surface area (Å²) in [5.41, 5.74) is 2.95. The molecule has 0 fully saturated rings. The Bertz CT molecular complexity index is 1000. The highest BCUT2D eigenvalue weighted by molar-refractivity contribution is 7.80. The number of hydrogen-bond donors (Lipinski definition) is 2. The third-order valence-electron chi connectivity index (χ3n) is 4.43. The average Bonchev–Trinajstić information content (AvgIpc) is 2.71. The van der Waals surface area contributed by atoms with E-state index in [1.807, 2.05) is 60.7 Å². The lowest BCUT2D eigenvalue weighted by Gasteiger charge is -2.19. The number of anilines is 1. The fraction of sp³-hybridized carbons (Fsp3) is 0.0909. The quantitative estimate of drug-likeness (QED) is 0.370. The molecule has 0 spiro atoms. The molecule has 0 aliphatic heterocycles. The van der Waals surface area contributed by atoms with Crippen LogP contribution < -0.4 is 10.6 Å². The standard InChI is InChI=1S/C22H19N3O3S/c1-15-14-18(25(27)28)12-13-19(15)23-22(29)24-21(26)20(16-8-4-2-5-9-16)17-10-6-3-7-11-17/h2-14,20H,1H3,(H2,23,24,26,29). The second-order valence-corrected chi connectivity index (χ2v) is 6.86. The number of benzene rings is 3. The van der Waals surface area contributed by atoms with Crippen molar-refractivity contribution >= 4 is 34.6 Å². The number of nitro groups is 1. The molecule has 7 heteroatoms. The number of rotatable bonds is 5. The summed E-state index contributed by atoms with van der Waals surface area (Å²) in [4.78, 5) is 23.5. The largest absolute Gasteiger partial charge is 0.332 e. The summed E-state index contributed by atoms with van der Waals surface area (Å²) in [5, 5.41) is 16.7. The minimum atomic E-state index is -0.518. The summed E-state index contributed by atoms with van der Waals surface area (Å²) in [5.74, 6) is -0.783. The molecule has 0 saturated heterocycles. The van der Waals surface area contributed by atoms with Crippen molar-refractivity contribution in [2.45, 2.75) is 12.8 Å². The molecule has 1 amide bonds. The van der Waals surface area contributed by atoms with Gasteiger partial charge in [0, 0.05) is 17.8 Å². The van der Waals surface area contributed by atoms with Gasteiger partial charge >= 0.3 is 0 Å². The van der Waals surface area contributed by atoms with Crippen LogP contribution in [0, 0.1) is 17.0 Å². The van der Waals surface area contributed by atoms with E-state index in [0.717, 1.165) is 11.1 Å².